The third-order valence-corrected chi connectivity index (χ3v) is 2.83. The van der Waals surface area contributed by atoms with Gasteiger partial charge in [0, 0.05) is 17.4 Å². The molecule has 2 rings (SSSR count). The van der Waals surface area contributed by atoms with E-state index < -0.39 is 0 Å². The number of benzene rings is 1. The highest BCUT2D eigenvalue weighted by Gasteiger charge is 2.12. The molecule has 0 aliphatic rings. The summed E-state index contributed by atoms with van der Waals surface area (Å²) in [7, 11) is 0. The number of rotatable bonds is 3. The number of hydrogen-bond acceptors (Lipinski definition) is 4. The van der Waals surface area contributed by atoms with Gasteiger partial charge in [-0.25, -0.2) is 4.79 Å². The number of aryl methyl sites for hydroxylation is 1. The molecule has 0 spiro atoms. The normalized spacial score (nSPS) is 10.2. The first kappa shape index (κ1) is 13.1. The lowest BCUT2D eigenvalue weighted by molar-refractivity contribution is 0.0525. The Labute approximate surface area is 112 Å². The molecule has 1 aromatic carbocycles. The lowest BCUT2D eigenvalue weighted by Gasteiger charge is -2.08. The smallest absolute Gasteiger partial charge is 0.339 e. The summed E-state index contributed by atoms with van der Waals surface area (Å²) in [5.74, 6) is -0.343. The van der Waals surface area contributed by atoms with Crippen LogP contribution in [-0.4, -0.2) is 17.6 Å². The molecule has 0 aliphatic carbocycles. The number of ether oxygens (including phenoxy) is 1. The minimum atomic E-state index is -0.343. The molecule has 0 bridgehead atoms. The summed E-state index contributed by atoms with van der Waals surface area (Å²) in [4.78, 5) is 16.1. The maximum Gasteiger partial charge on any atom is 0.339 e. The summed E-state index contributed by atoms with van der Waals surface area (Å²) >= 11 is 0. The highest BCUT2D eigenvalue weighted by molar-refractivity contribution is 5.92. The molecular weight excluding hydrogens is 240 g/mol. The molecule has 2 N–H and O–H groups in total. The lowest BCUT2D eigenvalue weighted by atomic mass is 10.0. The average molecular weight is 256 g/mol. The van der Waals surface area contributed by atoms with Crippen molar-refractivity contribution in [3.63, 3.8) is 0 Å². The van der Waals surface area contributed by atoms with Crippen LogP contribution in [0.3, 0.4) is 0 Å². The minimum absolute atomic E-state index is 0.343. The fourth-order valence-corrected chi connectivity index (χ4v) is 1.78. The van der Waals surface area contributed by atoms with E-state index in [9.17, 15) is 4.79 Å². The molecule has 0 atom stereocenters. The van der Waals surface area contributed by atoms with Crippen molar-refractivity contribution in [2.75, 3.05) is 12.3 Å². The van der Waals surface area contributed by atoms with Crippen LogP contribution >= 0.6 is 0 Å². The molecule has 0 fully saturated rings. The van der Waals surface area contributed by atoms with Gasteiger partial charge in [-0.15, -0.1) is 0 Å². The van der Waals surface area contributed by atoms with Gasteiger partial charge in [-0.3, -0.25) is 4.98 Å². The van der Waals surface area contributed by atoms with E-state index in [2.05, 4.69) is 4.98 Å². The van der Waals surface area contributed by atoms with E-state index in [1.165, 1.54) is 0 Å². The Balaban J connectivity index is 2.40. The van der Waals surface area contributed by atoms with Gasteiger partial charge in [0.1, 0.15) is 0 Å². The van der Waals surface area contributed by atoms with Gasteiger partial charge in [0.15, 0.2) is 0 Å². The van der Waals surface area contributed by atoms with E-state index in [1.807, 2.05) is 24.3 Å². The Hall–Kier alpha value is -2.36. The van der Waals surface area contributed by atoms with Crippen molar-refractivity contribution >= 4 is 11.7 Å². The summed E-state index contributed by atoms with van der Waals surface area (Å²) in [6.07, 6.45) is 1.74. The molecule has 0 amide bonds. The highest BCUT2D eigenvalue weighted by atomic mass is 16.5. The Morgan fingerprint density at radius 1 is 1.26 bits per heavy atom. The first-order valence-corrected chi connectivity index (χ1v) is 6.11. The third kappa shape index (κ3) is 2.91. The predicted molar refractivity (Wildman–Crippen MR) is 74.8 cm³/mol. The highest BCUT2D eigenvalue weighted by Crippen LogP contribution is 2.22. The molecule has 0 unspecified atom stereocenters. The molecule has 1 heterocycles. The number of aromatic nitrogens is 1. The Bertz CT molecular complexity index is 592. The van der Waals surface area contributed by atoms with Gasteiger partial charge < -0.3 is 10.5 Å². The van der Waals surface area contributed by atoms with Crippen LogP contribution in [0, 0.1) is 6.92 Å². The van der Waals surface area contributed by atoms with Crippen LogP contribution in [0.5, 0.6) is 0 Å². The van der Waals surface area contributed by atoms with Gasteiger partial charge in [-0.2, -0.15) is 0 Å². The lowest BCUT2D eigenvalue weighted by Crippen LogP contribution is -2.08. The van der Waals surface area contributed by atoms with E-state index in [-0.39, 0.29) is 5.97 Å². The number of nitrogens with two attached hydrogens (primary N) is 1. The minimum Gasteiger partial charge on any atom is -0.462 e. The van der Waals surface area contributed by atoms with Crippen molar-refractivity contribution in [3.8, 4) is 11.1 Å². The zero-order valence-corrected chi connectivity index (χ0v) is 11.0. The molecule has 4 nitrogen and oxygen atoms in total. The van der Waals surface area contributed by atoms with Crippen LogP contribution in [0.15, 0.2) is 36.5 Å². The summed E-state index contributed by atoms with van der Waals surface area (Å²) in [5, 5.41) is 0. The van der Waals surface area contributed by atoms with Crippen molar-refractivity contribution in [2.45, 2.75) is 13.8 Å². The summed E-state index contributed by atoms with van der Waals surface area (Å²) in [5.41, 5.74) is 9.36. The molecule has 98 valence electrons. The third-order valence-electron chi connectivity index (χ3n) is 2.83. The molecular formula is C15H16N2O2. The van der Waals surface area contributed by atoms with Crippen molar-refractivity contribution in [3.05, 3.63) is 47.8 Å². The van der Waals surface area contributed by atoms with Gasteiger partial charge >= 0.3 is 5.97 Å². The number of esters is 1. The van der Waals surface area contributed by atoms with Crippen LogP contribution in [0.25, 0.3) is 11.1 Å². The van der Waals surface area contributed by atoms with Gasteiger partial charge in [0.2, 0.25) is 0 Å². The molecule has 1 aromatic heterocycles. The second-order valence-corrected chi connectivity index (χ2v) is 4.20. The zero-order valence-electron chi connectivity index (χ0n) is 11.0. The number of carbonyl (C=O) groups excluding carboxylic acids is 1. The molecule has 4 heteroatoms. The molecule has 0 saturated heterocycles. The van der Waals surface area contributed by atoms with Gasteiger partial charge in [0.05, 0.1) is 17.9 Å². The monoisotopic (exact) mass is 256 g/mol. The van der Waals surface area contributed by atoms with Crippen LogP contribution in [0.4, 0.5) is 5.69 Å². The fraction of sp³-hybridized carbons (Fsp3) is 0.200. The second kappa shape index (κ2) is 5.52. The molecule has 0 aliphatic heterocycles. The summed E-state index contributed by atoms with van der Waals surface area (Å²) in [6.45, 7) is 3.92. The zero-order chi connectivity index (χ0) is 13.8. The molecule has 0 saturated carbocycles. The first-order chi connectivity index (χ1) is 9.11. The van der Waals surface area contributed by atoms with E-state index in [1.54, 1.807) is 26.1 Å². The SMILES string of the molecule is CCOC(=O)c1cc(-c2ccc(N)cc2)cnc1C. The fourth-order valence-electron chi connectivity index (χ4n) is 1.78. The summed E-state index contributed by atoms with van der Waals surface area (Å²) < 4.78 is 5.02. The largest absolute Gasteiger partial charge is 0.462 e. The van der Waals surface area contributed by atoms with E-state index in [0.717, 1.165) is 11.1 Å². The topological polar surface area (TPSA) is 65.2 Å². The Morgan fingerprint density at radius 3 is 2.58 bits per heavy atom. The maximum atomic E-state index is 11.8. The number of pyridine rings is 1. The number of hydrogen-bond donors (Lipinski definition) is 1. The number of anilines is 1. The molecule has 2 aromatic rings. The Morgan fingerprint density at radius 2 is 1.95 bits per heavy atom. The van der Waals surface area contributed by atoms with E-state index in [0.29, 0.717) is 23.6 Å². The molecule has 0 radical (unpaired) electrons. The quantitative estimate of drug-likeness (QED) is 0.677. The summed E-state index contributed by atoms with van der Waals surface area (Å²) in [6, 6.07) is 9.23. The van der Waals surface area contributed by atoms with Crippen molar-refractivity contribution in [1.82, 2.24) is 4.98 Å². The van der Waals surface area contributed by atoms with Crippen molar-refractivity contribution in [1.29, 1.82) is 0 Å². The molecule has 19 heavy (non-hydrogen) atoms. The average Bonchev–Trinajstić information content (AvgIpc) is 2.40. The van der Waals surface area contributed by atoms with Crippen LogP contribution in [-0.2, 0) is 4.74 Å². The van der Waals surface area contributed by atoms with Gasteiger partial charge in [-0.05, 0) is 37.6 Å². The maximum absolute atomic E-state index is 11.8. The van der Waals surface area contributed by atoms with Gasteiger partial charge in [0.25, 0.3) is 0 Å². The van der Waals surface area contributed by atoms with E-state index in [4.69, 9.17) is 10.5 Å². The Kier molecular flexibility index (Phi) is 3.80. The number of nitrogens with zero attached hydrogens (tertiary/aromatic N) is 1. The predicted octanol–water partition coefficient (Wildman–Crippen LogP) is 2.82. The number of carbonyl (C=O) groups is 1. The first-order valence-electron chi connectivity index (χ1n) is 6.11. The van der Waals surface area contributed by atoms with Crippen molar-refractivity contribution < 1.29 is 9.53 Å². The van der Waals surface area contributed by atoms with Crippen LogP contribution in [0.1, 0.15) is 23.0 Å². The van der Waals surface area contributed by atoms with E-state index >= 15 is 0 Å². The van der Waals surface area contributed by atoms with Crippen LogP contribution < -0.4 is 5.73 Å². The standard InChI is InChI=1S/C15H16N2O2/c1-3-19-15(18)14-8-12(9-17-10(14)2)11-4-6-13(16)7-5-11/h4-9H,3,16H2,1-2H3. The second-order valence-electron chi connectivity index (χ2n) is 4.20. The van der Waals surface area contributed by atoms with Crippen molar-refractivity contribution in [2.24, 2.45) is 0 Å². The van der Waals surface area contributed by atoms with Gasteiger partial charge in [-0.1, -0.05) is 12.1 Å². The van der Waals surface area contributed by atoms with Crippen LogP contribution in [0.2, 0.25) is 0 Å². The number of nitrogen functional groups attached to an aromatic ring is 1.